The van der Waals surface area contributed by atoms with Gasteiger partial charge in [0.2, 0.25) is 0 Å². The van der Waals surface area contributed by atoms with E-state index in [-0.39, 0.29) is 6.61 Å². The molecule has 1 aromatic heterocycles. The van der Waals surface area contributed by atoms with Gasteiger partial charge in [-0.1, -0.05) is 0 Å². The van der Waals surface area contributed by atoms with Crippen LogP contribution in [0.25, 0.3) is 0 Å². The first-order chi connectivity index (χ1) is 7.54. The van der Waals surface area contributed by atoms with Gasteiger partial charge in [0.25, 0.3) is 0 Å². The minimum atomic E-state index is -1.35. The molecule has 0 radical (unpaired) electrons. The number of nitrogens with zero attached hydrogens (tertiary/aromatic N) is 2. The number of hydrogen-bond acceptors (Lipinski definition) is 4. The van der Waals surface area contributed by atoms with Crippen LogP contribution in [0, 0.1) is 11.7 Å². The predicted octanol–water partition coefficient (Wildman–Crippen LogP) is -0.144. The zero-order chi connectivity index (χ0) is 11.9. The van der Waals surface area contributed by atoms with Gasteiger partial charge in [0, 0.05) is 18.7 Å². The second kappa shape index (κ2) is 3.82. The number of rotatable bonds is 2. The van der Waals surface area contributed by atoms with E-state index in [4.69, 9.17) is 10.8 Å². The summed E-state index contributed by atoms with van der Waals surface area (Å²) >= 11 is 0. The van der Waals surface area contributed by atoms with Gasteiger partial charge >= 0.3 is 5.69 Å². The van der Waals surface area contributed by atoms with Crippen LogP contribution in [-0.4, -0.2) is 27.4 Å². The van der Waals surface area contributed by atoms with Gasteiger partial charge in [0.05, 0.1) is 6.04 Å². The van der Waals surface area contributed by atoms with Crippen molar-refractivity contribution in [3.05, 3.63) is 22.5 Å². The number of aliphatic hydroxyl groups is 1. The molecule has 0 aliphatic heterocycles. The standard InChI is InChI=1S/C9H11F2N3O2/c10-5-2-14(9(16)13-8(5)12)6-1-4(3-15)7(6)11/h2,4,6-7,15H,1,3H2,(H2,12,13,16)/t4-,6-,7-/m0/s1. The predicted molar refractivity (Wildman–Crippen MR) is 52.0 cm³/mol. The highest BCUT2D eigenvalue weighted by molar-refractivity contribution is 5.26. The van der Waals surface area contributed by atoms with Crippen LogP contribution in [0.3, 0.4) is 0 Å². The van der Waals surface area contributed by atoms with Gasteiger partial charge in [-0.15, -0.1) is 0 Å². The minimum absolute atomic E-state index is 0.280. The van der Waals surface area contributed by atoms with Gasteiger partial charge in [-0.2, -0.15) is 4.98 Å². The van der Waals surface area contributed by atoms with Crippen LogP contribution in [0.4, 0.5) is 14.6 Å². The highest BCUT2D eigenvalue weighted by Gasteiger charge is 2.42. The molecule has 0 saturated heterocycles. The molecule has 5 nitrogen and oxygen atoms in total. The van der Waals surface area contributed by atoms with Crippen molar-refractivity contribution in [3.63, 3.8) is 0 Å². The Kier molecular flexibility index (Phi) is 2.63. The number of anilines is 1. The Morgan fingerprint density at radius 2 is 2.38 bits per heavy atom. The van der Waals surface area contributed by atoms with Gasteiger partial charge in [0.1, 0.15) is 6.17 Å². The Hall–Kier alpha value is -1.50. The quantitative estimate of drug-likeness (QED) is 0.742. The third-order valence-electron chi connectivity index (χ3n) is 2.89. The van der Waals surface area contributed by atoms with Crippen LogP contribution in [-0.2, 0) is 0 Å². The van der Waals surface area contributed by atoms with Crippen molar-refractivity contribution < 1.29 is 13.9 Å². The number of hydrogen-bond donors (Lipinski definition) is 2. The normalized spacial score (nSPS) is 28.8. The molecule has 2 rings (SSSR count). The summed E-state index contributed by atoms with van der Waals surface area (Å²) < 4.78 is 27.4. The second-order valence-corrected chi connectivity index (χ2v) is 3.85. The maximum Gasteiger partial charge on any atom is 0.350 e. The van der Waals surface area contributed by atoms with Crippen LogP contribution < -0.4 is 11.4 Å². The summed E-state index contributed by atoms with van der Waals surface area (Å²) in [5, 5.41) is 8.75. The Morgan fingerprint density at radius 1 is 1.69 bits per heavy atom. The zero-order valence-corrected chi connectivity index (χ0v) is 8.31. The second-order valence-electron chi connectivity index (χ2n) is 3.85. The Balaban J connectivity index is 2.30. The first-order valence-corrected chi connectivity index (χ1v) is 4.83. The molecule has 1 aliphatic rings. The molecule has 16 heavy (non-hydrogen) atoms. The van der Waals surface area contributed by atoms with Crippen LogP contribution in [0.15, 0.2) is 11.0 Å². The van der Waals surface area contributed by atoms with E-state index in [0.717, 1.165) is 10.8 Å². The molecule has 1 heterocycles. The maximum atomic E-state index is 13.4. The number of aliphatic hydroxyl groups excluding tert-OH is 1. The molecule has 3 atom stereocenters. The molecule has 1 aromatic rings. The summed E-state index contributed by atoms with van der Waals surface area (Å²) in [6, 6.07) is -0.757. The van der Waals surface area contributed by atoms with Crippen molar-refractivity contribution in [3.8, 4) is 0 Å². The lowest BCUT2D eigenvalue weighted by atomic mass is 9.78. The summed E-state index contributed by atoms with van der Waals surface area (Å²) in [7, 11) is 0. The van der Waals surface area contributed by atoms with E-state index in [9.17, 15) is 13.6 Å². The lowest BCUT2D eigenvalue weighted by molar-refractivity contribution is -0.000671. The molecule has 1 fully saturated rings. The number of alkyl halides is 1. The van der Waals surface area contributed by atoms with E-state index >= 15 is 0 Å². The van der Waals surface area contributed by atoms with Gasteiger partial charge in [0.15, 0.2) is 11.6 Å². The molecule has 0 amide bonds. The molecule has 0 unspecified atom stereocenters. The highest BCUT2D eigenvalue weighted by atomic mass is 19.1. The van der Waals surface area contributed by atoms with Crippen molar-refractivity contribution in [1.29, 1.82) is 0 Å². The summed E-state index contributed by atoms with van der Waals surface area (Å²) in [4.78, 5) is 14.6. The number of aromatic nitrogens is 2. The Morgan fingerprint density at radius 3 is 2.94 bits per heavy atom. The number of nitrogens with two attached hydrogens (primary N) is 1. The summed E-state index contributed by atoms with van der Waals surface area (Å²) in [5.41, 5.74) is 4.33. The van der Waals surface area contributed by atoms with Gasteiger partial charge in [-0.25, -0.2) is 13.6 Å². The third kappa shape index (κ3) is 1.57. The lowest BCUT2D eigenvalue weighted by Crippen LogP contribution is -2.46. The monoisotopic (exact) mass is 231 g/mol. The van der Waals surface area contributed by atoms with E-state index in [1.807, 2.05) is 0 Å². The van der Waals surface area contributed by atoms with Crippen LogP contribution in [0.1, 0.15) is 12.5 Å². The minimum Gasteiger partial charge on any atom is -0.396 e. The molecule has 7 heteroatoms. The van der Waals surface area contributed by atoms with E-state index < -0.39 is 35.5 Å². The first-order valence-electron chi connectivity index (χ1n) is 4.83. The fraction of sp³-hybridized carbons (Fsp3) is 0.556. The molecular formula is C9H11F2N3O2. The number of nitrogen functional groups attached to an aromatic ring is 1. The summed E-state index contributed by atoms with van der Waals surface area (Å²) in [6.45, 7) is -0.280. The molecule has 3 N–H and O–H groups in total. The molecule has 1 saturated carbocycles. The van der Waals surface area contributed by atoms with Crippen molar-refractivity contribution in [2.75, 3.05) is 12.3 Å². The van der Waals surface area contributed by atoms with Crippen molar-refractivity contribution >= 4 is 5.82 Å². The zero-order valence-electron chi connectivity index (χ0n) is 8.31. The van der Waals surface area contributed by atoms with Gasteiger partial charge < -0.3 is 10.8 Å². The van der Waals surface area contributed by atoms with E-state index in [1.54, 1.807) is 0 Å². The largest absolute Gasteiger partial charge is 0.396 e. The number of halogens is 2. The average molecular weight is 231 g/mol. The van der Waals surface area contributed by atoms with Gasteiger partial charge in [-0.05, 0) is 6.42 Å². The van der Waals surface area contributed by atoms with Crippen LogP contribution in [0.2, 0.25) is 0 Å². The smallest absolute Gasteiger partial charge is 0.350 e. The molecule has 1 aliphatic carbocycles. The first kappa shape index (κ1) is 11.0. The Bertz CT molecular complexity index is 463. The fourth-order valence-corrected chi connectivity index (χ4v) is 1.83. The van der Waals surface area contributed by atoms with Gasteiger partial charge in [-0.3, -0.25) is 4.57 Å². The van der Waals surface area contributed by atoms with E-state index in [1.165, 1.54) is 0 Å². The van der Waals surface area contributed by atoms with E-state index in [0.29, 0.717) is 6.42 Å². The van der Waals surface area contributed by atoms with Crippen molar-refractivity contribution in [2.45, 2.75) is 18.6 Å². The Labute approximate surface area is 89.5 Å². The lowest BCUT2D eigenvalue weighted by Gasteiger charge is -2.39. The fourth-order valence-electron chi connectivity index (χ4n) is 1.83. The van der Waals surface area contributed by atoms with Crippen LogP contribution in [0.5, 0.6) is 0 Å². The SMILES string of the molecule is Nc1nc(=O)n([C@H]2C[C@@H](CO)[C@@H]2F)cc1F. The molecule has 88 valence electrons. The average Bonchev–Trinajstić information content (AvgIpc) is 2.24. The van der Waals surface area contributed by atoms with E-state index in [2.05, 4.69) is 4.98 Å². The highest BCUT2D eigenvalue weighted by Crippen LogP contribution is 2.39. The summed E-state index contributed by atoms with van der Waals surface area (Å²) in [5.74, 6) is -1.83. The summed E-state index contributed by atoms with van der Waals surface area (Å²) in [6.07, 6.45) is -0.203. The van der Waals surface area contributed by atoms with Crippen molar-refractivity contribution in [1.82, 2.24) is 9.55 Å². The third-order valence-corrected chi connectivity index (χ3v) is 2.89. The molecule has 0 bridgehead atoms. The topological polar surface area (TPSA) is 81.1 Å². The van der Waals surface area contributed by atoms with Crippen molar-refractivity contribution in [2.24, 2.45) is 5.92 Å². The van der Waals surface area contributed by atoms with Crippen LogP contribution >= 0.6 is 0 Å². The maximum absolute atomic E-state index is 13.4. The molecule has 0 aromatic carbocycles. The molecule has 0 spiro atoms. The molecular weight excluding hydrogens is 220 g/mol.